The van der Waals surface area contributed by atoms with Crippen LogP contribution in [0.15, 0.2) is 54.6 Å². The molecule has 3 rings (SSSR count). The van der Waals surface area contributed by atoms with Gasteiger partial charge in [0.2, 0.25) is 0 Å². The molecule has 9 heteroatoms. The molecular formula is C20H16F3N3O3. The number of non-ortho nitro benzene ring substituents is 1. The highest BCUT2D eigenvalue weighted by atomic mass is 19.4. The summed E-state index contributed by atoms with van der Waals surface area (Å²) in [4.78, 5) is 22.1. The molecule has 0 aliphatic rings. The Bertz CT molecular complexity index is 1090. The van der Waals surface area contributed by atoms with Crippen molar-refractivity contribution in [3.63, 3.8) is 0 Å². The van der Waals surface area contributed by atoms with Gasteiger partial charge in [-0.05, 0) is 48.4 Å². The van der Waals surface area contributed by atoms with Crippen molar-refractivity contribution < 1.29 is 22.9 Å². The number of alkyl halides is 3. The first kappa shape index (κ1) is 20.1. The fraction of sp³-hybridized carbons (Fsp3) is 0.150. The Morgan fingerprint density at radius 3 is 2.34 bits per heavy atom. The Morgan fingerprint density at radius 2 is 1.79 bits per heavy atom. The maximum atomic E-state index is 13.0. The predicted octanol–water partition coefficient (Wildman–Crippen LogP) is 4.54. The van der Waals surface area contributed by atoms with Crippen molar-refractivity contribution in [3.05, 3.63) is 87.1 Å². The summed E-state index contributed by atoms with van der Waals surface area (Å²) in [6.07, 6.45) is -4.47. The van der Waals surface area contributed by atoms with Crippen LogP contribution in [0.4, 0.5) is 18.9 Å². The lowest BCUT2D eigenvalue weighted by Crippen LogP contribution is -2.13. The van der Waals surface area contributed by atoms with Crippen molar-refractivity contribution in [3.8, 4) is 11.3 Å². The Kier molecular flexibility index (Phi) is 5.15. The SMILES string of the molecule is Cc1c(C(N)=O)cc(-c2ccc([N+](=O)[O-])cc2)n1Cc1cccc(C(F)(F)F)c1. The van der Waals surface area contributed by atoms with E-state index in [9.17, 15) is 28.1 Å². The highest BCUT2D eigenvalue weighted by Crippen LogP contribution is 2.31. The van der Waals surface area contributed by atoms with Crippen LogP contribution in [-0.4, -0.2) is 15.4 Å². The van der Waals surface area contributed by atoms with Crippen molar-refractivity contribution in [2.24, 2.45) is 5.73 Å². The predicted molar refractivity (Wildman–Crippen MR) is 100 cm³/mol. The number of nitrogens with zero attached hydrogens (tertiary/aromatic N) is 2. The summed E-state index contributed by atoms with van der Waals surface area (Å²) in [7, 11) is 0. The van der Waals surface area contributed by atoms with E-state index in [1.807, 2.05) is 0 Å². The van der Waals surface area contributed by atoms with Gasteiger partial charge in [0.1, 0.15) is 0 Å². The molecule has 0 aliphatic carbocycles. The molecule has 0 saturated heterocycles. The molecule has 2 N–H and O–H groups in total. The van der Waals surface area contributed by atoms with Gasteiger partial charge in [-0.3, -0.25) is 14.9 Å². The molecule has 6 nitrogen and oxygen atoms in total. The molecule has 0 atom stereocenters. The lowest BCUT2D eigenvalue weighted by atomic mass is 10.1. The number of carbonyl (C=O) groups excluding carboxylic acids is 1. The largest absolute Gasteiger partial charge is 0.416 e. The standard InChI is InChI=1S/C20H16F3N3O3/c1-12-17(19(24)27)10-18(14-5-7-16(8-6-14)26(28)29)25(12)11-13-3-2-4-15(9-13)20(21,22)23/h2-10H,11H2,1H3,(H2,24,27). The number of halogens is 3. The maximum absolute atomic E-state index is 13.0. The number of hydrogen-bond acceptors (Lipinski definition) is 3. The number of benzene rings is 2. The van der Waals surface area contributed by atoms with Gasteiger partial charge in [-0.15, -0.1) is 0 Å². The van der Waals surface area contributed by atoms with Crippen molar-refractivity contribution in [1.82, 2.24) is 4.57 Å². The van der Waals surface area contributed by atoms with Crippen LogP contribution in [0.2, 0.25) is 0 Å². The number of carbonyl (C=O) groups is 1. The maximum Gasteiger partial charge on any atom is 0.416 e. The average molecular weight is 403 g/mol. The quantitative estimate of drug-likeness (QED) is 0.501. The van der Waals surface area contributed by atoms with Gasteiger partial charge in [-0.2, -0.15) is 13.2 Å². The molecule has 3 aromatic rings. The molecule has 29 heavy (non-hydrogen) atoms. The normalized spacial score (nSPS) is 11.4. The summed E-state index contributed by atoms with van der Waals surface area (Å²) in [5.74, 6) is -0.673. The molecule has 0 aliphatic heterocycles. The first-order chi connectivity index (χ1) is 13.6. The summed E-state index contributed by atoms with van der Waals surface area (Å²) in [6, 6.07) is 12.1. The number of aromatic nitrogens is 1. The topological polar surface area (TPSA) is 91.2 Å². The Morgan fingerprint density at radius 1 is 1.14 bits per heavy atom. The molecule has 0 radical (unpaired) electrons. The van der Waals surface area contributed by atoms with Crippen LogP contribution in [0, 0.1) is 17.0 Å². The first-order valence-corrected chi connectivity index (χ1v) is 8.49. The zero-order valence-electron chi connectivity index (χ0n) is 15.2. The first-order valence-electron chi connectivity index (χ1n) is 8.49. The van der Waals surface area contributed by atoms with Gasteiger partial charge in [0.25, 0.3) is 11.6 Å². The van der Waals surface area contributed by atoms with Crippen molar-refractivity contribution in [2.45, 2.75) is 19.6 Å². The zero-order chi connectivity index (χ0) is 21.3. The molecule has 0 fully saturated rings. The van der Waals surface area contributed by atoms with Crippen LogP contribution in [0.3, 0.4) is 0 Å². The number of nitro benzene ring substituents is 1. The van der Waals surface area contributed by atoms with E-state index in [2.05, 4.69) is 0 Å². The summed E-state index contributed by atoms with van der Waals surface area (Å²) in [6.45, 7) is 1.71. The summed E-state index contributed by atoms with van der Waals surface area (Å²) in [5.41, 5.74) is 6.74. The third-order valence-electron chi connectivity index (χ3n) is 4.60. The smallest absolute Gasteiger partial charge is 0.366 e. The van der Waals surface area contributed by atoms with E-state index >= 15 is 0 Å². The van der Waals surface area contributed by atoms with Gasteiger partial charge < -0.3 is 10.3 Å². The summed E-state index contributed by atoms with van der Waals surface area (Å²) >= 11 is 0. The number of nitrogens with two attached hydrogens (primary N) is 1. The highest BCUT2D eigenvalue weighted by Gasteiger charge is 2.30. The molecule has 0 spiro atoms. The Hall–Kier alpha value is -3.62. The average Bonchev–Trinajstić information content (AvgIpc) is 2.98. The number of hydrogen-bond donors (Lipinski definition) is 1. The molecular weight excluding hydrogens is 387 g/mol. The van der Waals surface area contributed by atoms with Gasteiger partial charge in [-0.25, -0.2) is 0 Å². The van der Waals surface area contributed by atoms with Gasteiger partial charge in [-0.1, -0.05) is 12.1 Å². The molecule has 0 unspecified atom stereocenters. The lowest BCUT2D eigenvalue weighted by molar-refractivity contribution is -0.384. The van der Waals surface area contributed by atoms with Crippen molar-refractivity contribution >= 4 is 11.6 Å². The molecule has 2 aromatic carbocycles. The zero-order valence-corrected chi connectivity index (χ0v) is 15.2. The number of primary amides is 1. The highest BCUT2D eigenvalue weighted by molar-refractivity contribution is 5.95. The molecule has 1 aromatic heterocycles. The van der Waals surface area contributed by atoms with Gasteiger partial charge in [0.15, 0.2) is 0 Å². The minimum absolute atomic E-state index is 0.0648. The minimum Gasteiger partial charge on any atom is -0.366 e. The molecule has 150 valence electrons. The molecule has 0 bridgehead atoms. The Balaban J connectivity index is 2.08. The van der Waals surface area contributed by atoms with E-state index in [1.165, 1.54) is 36.4 Å². The third-order valence-corrected chi connectivity index (χ3v) is 4.60. The van der Waals surface area contributed by atoms with Gasteiger partial charge >= 0.3 is 6.18 Å². The number of amides is 1. The fourth-order valence-corrected chi connectivity index (χ4v) is 3.12. The number of rotatable bonds is 5. The van der Waals surface area contributed by atoms with Gasteiger partial charge in [0.05, 0.1) is 16.1 Å². The van der Waals surface area contributed by atoms with Gasteiger partial charge in [0, 0.05) is 30.1 Å². The lowest BCUT2D eigenvalue weighted by Gasteiger charge is -2.14. The van der Waals surface area contributed by atoms with Crippen LogP contribution < -0.4 is 5.73 Å². The van der Waals surface area contributed by atoms with E-state index in [0.717, 1.165) is 12.1 Å². The van der Waals surface area contributed by atoms with Crippen molar-refractivity contribution in [1.29, 1.82) is 0 Å². The Labute approximate surface area is 163 Å². The van der Waals surface area contributed by atoms with E-state index in [-0.39, 0.29) is 17.8 Å². The summed E-state index contributed by atoms with van der Waals surface area (Å²) < 4.78 is 40.7. The molecule has 0 saturated carbocycles. The summed E-state index contributed by atoms with van der Waals surface area (Å²) in [5, 5.41) is 10.9. The molecule has 1 amide bonds. The third kappa shape index (κ3) is 4.13. The monoisotopic (exact) mass is 403 g/mol. The van der Waals surface area contributed by atoms with Crippen LogP contribution in [-0.2, 0) is 12.7 Å². The molecule has 1 heterocycles. The van der Waals surface area contributed by atoms with Crippen molar-refractivity contribution in [2.75, 3.05) is 0 Å². The van der Waals surface area contributed by atoms with Crippen LogP contribution in [0.5, 0.6) is 0 Å². The number of nitro groups is 1. The second-order valence-corrected chi connectivity index (χ2v) is 6.48. The van der Waals surface area contributed by atoms with Crippen LogP contribution >= 0.6 is 0 Å². The second kappa shape index (κ2) is 7.42. The second-order valence-electron chi connectivity index (χ2n) is 6.48. The van der Waals surface area contributed by atoms with E-state index in [1.54, 1.807) is 17.6 Å². The van der Waals surface area contributed by atoms with Crippen LogP contribution in [0.1, 0.15) is 27.2 Å². The minimum atomic E-state index is -4.47. The fourth-order valence-electron chi connectivity index (χ4n) is 3.12. The van der Waals surface area contributed by atoms with E-state index < -0.39 is 22.6 Å². The van der Waals surface area contributed by atoms with Crippen LogP contribution in [0.25, 0.3) is 11.3 Å². The van der Waals surface area contributed by atoms with E-state index in [4.69, 9.17) is 5.73 Å². The van der Waals surface area contributed by atoms with E-state index in [0.29, 0.717) is 22.5 Å².